The molecule has 0 amide bonds. The second-order valence-electron chi connectivity index (χ2n) is 5.04. The molecular formula is C15H20N4O2. The highest BCUT2D eigenvalue weighted by atomic mass is 16.5. The van der Waals surface area contributed by atoms with Crippen LogP contribution in [0.25, 0.3) is 0 Å². The number of rotatable bonds is 6. The fourth-order valence-electron chi connectivity index (χ4n) is 2.38. The van der Waals surface area contributed by atoms with Gasteiger partial charge in [-0.2, -0.15) is 4.98 Å². The maximum Gasteiger partial charge on any atom is 0.213 e. The smallest absolute Gasteiger partial charge is 0.213 e. The molecule has 0 spiro atoms. The first kappa shape index (κ1) is 14.0. The summed E-state index contributed by atoms with van der Waals surface area (Å²) >= 11 is 0. The fourth-order valence-corrected chi connectivity index (χ4v) is 2.38. The van der Waals surface area contributed by atoms with Crippen molar-refractivity contribution >= 4 is 5.69 Å². The Morgan fingerprint density at radius 1 is 1.14 bits per heavy atom. The number of hydrogen-bond acceptors (Lipinski definition) is 6. The van der Waals surface area contributed by atoms with Crippen molar-refractivity contribution in [3.63, 3.8) is 0 Å². The lowest BCUT2D eigenvalue weighted by Crippen LogP contribution is -2.36. The van der Waals surface area contributed by atoms with Gasteiger partial charge in [0.05, 0.1) is 13.2 Å². The summed E-state index contributed by atoms with van der Waals surface area (Å²) in [7, 11) is 0. The normalized spacial score (nSPS) is 15.3. The van der Waals surface area contributed by atoms with Crippen molar-refractivity contribution in [1.82, 2.24) is 15.5 Å². The van der Waals surface area contributed by atoms with E-state index in [9.17, 15) is 0 Å². The van der Waals surface area contributed by atoms with Gasteiger partial charge in [-0.15, -0.1) is 0 Å². The molecule has 0 saturated carbocycles. The summed E-state index contributed by atoms with van der Waals surface area (Å²) in [6.07, 6.45) is 2.14. The van der Waals surface area contributed by atoms with Crippen molar-refractivity contribution < 1.29 is 9.26 Å². The molecular weight excluding hydrogens is 268 g/mol. The first-order valence-corrected chi connectivity index (χ1v) is 7.29. The van der Waals surface area contributed by atoms with E-state index in [4.69, 9.17) is 9.26 Å². The number of hydrogen-bond donors (Lipinski definition) is 1. The number of morpholine rings is 1. The Labute approximate surface area is 124 Å². The van der Waals surface area contributed by atoms with E-state index in [1.54, 1.807) is 0 Å². The van der Waals surface area contributed by atoms with Gasteiger partial charge < -0.3 is 19.5 Å². The molecule has 1 aromatic heterocycles. The molecule has 0 aliphatic carbocycles. The summed E-state index contributed by atoms with van der Waals surface area (Å²) in [4.78, 5) is 6.35. The van der Waals surface area contributed by atoms with E-state index in [1.807, 2.05) is 0 Å². The molecule has 1 aromatic carbocycles. The number of anilines is 1. The summed E-state index contributed by atoms with van der Waals surface area (Å²) in [5.74, 6) is 0.741. The van der Waals surface area contributed by atoms with Gasteiger partial charge in [0.25, 0.3) is 0 Å². The molecule has 3 rings (SSSR count). The van der Waals surface area contributed by atoms with Crippen molar-refractivity contribution in [2.75, 3.05) is 37.7 Å². The average Bonchev–Trinajstić information content (AvgIpc) is 3.06. The van der Waals surface area contributed by atoms with Crippen LogP contribution in [0.1, 0.15) is 11.4 Å². The molecule has 112 valence electrons. The van der Waals surface area contributed by atoms with Crippen molar-refractivity contribution in [2.24, 2.45) is 0 Å². The fraction of sp³-hybridized carbons (Fsp3) is 0.467. The van der Waals surface area contributed by atoms with Crippen LogP contribution >= 0.6 is 0 Å². The number of nitrogens with zero attached hydrogens (tertiary/aromatic N) is 3. The highest BCUT2D eigenvalue weighted by Gasteiger charge is 2.10. The topological polar surface area (TPSA) is 63.4 Å². The number of aromatic nitrogens is 2. The molecule has 2 heterocycles. The second kappa shape index (κ2) is 7.19. The highest BCUT2D eigenvalue weighted by Crippen LogP contribution is 2.16. The maximum atomic E-state index is 5.37. The first-order valence-electron chi connectivity index (χ1n) is 7.29. The molecule has 6 heteroatoms. The average molecular weight is 288 g/mol. The summed E-state index contributed by atoms with van der Waals surface area (Å²) in [6.45, 7) is 5.27. The molecule has 1 fully saturated rings. The van der Waals surface area contributed by atoms with E-state index < -0.39 is 0 Å². The van der Waals surface area contributed by atoms with Gasteiger partial charge in [-0.25, -0.2) is 0 Å². The van der Waals surface area contributed by atoms with Gasteiger partial charge in [0.15, 0.2) is 5.82 Å². The van der Waals surface area contributed by atoms with Crippen LogP contribution in [-0.4, -0.2) is 43.0 Å². The van der Waals surface area contributed by atoms with Gasteiger partial charge in [-0.05, 0) is 17.7 Å². The number of nitrogens with one attached hydrogen (secondary N) is 1. The molecule has 1 aliphatic rings. The highest BCUT2D eigenvalue weighted by molar-refractivity contribution is 5.47. The number of benzene rings is 1. The molecule has 0 unspecified atom stereocenters. The van der Waals surface area contributed by atoms with Crippen LogP contribution in [0.3, 0.4) is 0 Å². The largest absolute Gasteiger partial charge is 0.378 e. The van der Waals surface area contributed by atoms with Crippen LogP contribution < -0.4 is 10.2 Å². The van der Waals surface area contributed by atoms with E-state index in [0.717, 1.165) is 51.6 Å². The van der Waals surface area contributed by atoms with Gasteiger partial charge in [0.2, 0.25) is 6.39 Å². The molecule has 1 aliphatic heterocycles. The minimum Gasteiger partial charge on any atom is -0.378 e. The third-order valence-electron chi connectivity index (χ3n) is 3.57. The van der Waals surface area contributed by atoms with Crippen LogP contribution in [-0.2, 0) is 17.7 Å². The van der Waals surface area contributed by atoms with Crippen molar-refractivity contribution in [1.29, 1.82) is 0 Å². The van der Waals surface area contributed by atoms with Gasteiger partial charge in [-0.3, -0.25) is 0 Å². The monoisotopic (exact) mass is 288 g/mol. The summed E-state index contributed by atoms with van der Waals surface area (Å²) in [5.41, 5.74) is 2.55. The lowest BCUT2D eigenvalue weighted by Gasteiger charge is -2.28. The third-order valence-corrected chi connectivity index (χ3v) is 3.57. The Bertz CT molecular complexity index is 521. The zero-order valence-electron chi connectivity index (χ0n) is 12.0. The molecule has 1 N–H and O–H groups in total. The van der Waals surface area contributed by atoms with Crippen LogP contribution in [0.5, 0.6) is 0 Å². The molecule has 0 bridgehead atoms. The minimum atomic E-state index is 0.741. The van der Waals surface area contributed by atoms with E-state index in [0.29, 0.717) is 0 Å². The van der Waals surface area contributed by atoms with Gasteiger partial charge >= 0.3 is 0 Å². The molecule has 0 radical (unpaired) electrons. The molecule has 6 nitrogen and oxygen atoms in total. The van der Waals surface area contributed by atoms with E-state index >= 15 is 0 Å². The zero-order chi connectivity index (χ0) is 14.3. The summed E-state index contributed by atoms with van der Waals surface area (Å²) < 4.78 is 10.1. The number of ether oxygens (including phenoxy) is 1. The van der Waals surface area contributed by atoms with Crippen LogP contribution in [0.2, 0.25) is 0 Å². The lowest BCUT2D eigenvalue weighted by atomic mass is 10.2. The van der Waals surface area contributed by atoms with Gasteiger partial charge in [-0.1, -0.05) is 17.3 Å². The Morgan fingerprint density at radius 3 is 2.67 bits per heavy atom. The standard InChI is InChI=1S/C15H20N4O2/c1-3-14(19-7-9-20-10-8-19)4-2-13(1)11-16-6-5-15-17-12-21-18-15/h1-4,12,16H,5-11H2. The Morgan fingerprint density at radius 2 is 1.95 bits per heavy atom. The molecule has 21 heavy (non-hydrogen) atoms. The van der Waals surface area contributed by atoms with E-state index in [2.05, 4.69) is 44.6 Å². The molecule has 1 saturated heterocycles. The Hall–Kier alpha value is -1.92. The lowest BCUT2D eigenvalue weighted by molar-refractivity contribution is 0.122. The molecule has 0 atom stereocenters. The van der Waals surface area contributed by atoms with E-state index in [1.165, 1.54) is 17.6 Å². The van der Waals surface area contributed by atoms with Gasteiger partial charge in [0, 0.05) is 38.3 Å². The zero-order valence-corrected chi connectivity index (χ0v) is 12.0. The Kier molecular flexibility index (Phi) is 4.81. The first-order chi connectivity index (χ1) is 10.4. The summed E-state index contributed by atoms with van der Waals surface area (Å²) in [5, 5.41) is 7.17. The van der Waals surface area contributed by atoms with Crippen LogP contribution in [0.15, 0.2) is 35.2 Å². The second-order valence-corrected chi connectivity index (χ2v) is 5.04. The quantitative estimate of drug-likeness (QED) is 0.807. The van der Waals surface area contributed by atoms with Crippen molar-refractivity contribution in [3.05, 3.63) is 42.0 Å². The van der Waals surface area contributed by atoms with Gasteiger partial charge in [0.1, 0.15) is 0 Å². The third kappa shape index (κ3) is 4.03. The molecule has 2 aromatic rings. The van der Waals surface area contributed by atoms with Crippen molar-refractivity contribution in [2.45, 2.75) is 13.0 Å². The van der Waals surface area contributed by atoms with E-state index in [-0.39, 0.29) is 0 Å². The maximum absolute atomic E-state index is 5.37. The predicted molar refractivity (Wildman–Crippen MR) is 79.2 cm³/mol. The SMILES string of the molecule is c1nc(CCNCc2ccc(N3CCOCC3)cc2)no1. The Balaban J connectivity index is 1.43. The predicted octanol–water partition coefficient (Wildman–Crippen LogP) is 1.24. The minimum absolute atomic E-state index is 0.741. The summed E-state index contributed by atoms with van der Waals surface area (Å²) in [6, 6.07) is 8.71. The van der Waals surface area contributed by atoms with Crippen molar-refractivity contribution in [3.8, 4) is 0 Å². The van der Waals surface area contributed by atoms with Crippen LogP contribution in [0, 0.1) is 0 Å². The van der Waals surface area contributed by atoms with Crippen LogP contribution in [0.4, 0.5) is 5.69 Å².